The zero-order valence-corrected chi connectivity index (χ0v) is 8.55. The first-order valence-electron chi connectivity index (χ1n) is 5.42. The lowest BCUT2D eigenvalue weighted by molar-refractivity contribution is 0.0557. The second kappa shape index (κ2) is 3.20. The van der Waals surface area contributed by atoms with Crippen molar-refractivity contribution in [2.75, 3.05) is 25.1 Å². The lowest BCUT2D eigenvalue weighted by Gasteiger charge is -2.33. The third-order valence-electron chi connectivity index (χ3n) is 3.61. The standard InChI is InChI=1S/C12H14FNO/c13-9-2-1-3-10-11(9)12(8-14-10)4-6-15-7-5-12/h1-3,14H,4-8H2. The van der Waals surface area contributed by atoms with E-state index in [1.54, 1.807) is 12.1 Å². The van der Waals surface area contributed by atoms with Crippen molar-refractivity contribution in [1.82, 2.24) is 0 Å². The monoisotopic (exact) mass is 207 g/mol. The number of anilines is 1. The van der Waals surface area contributed by atoms with Crippen LogP contribution in [-0.4, -0.2) is 19.8 Å². The van der Waals surface area contributed by atoms with Crippen molar-refractivity contribution in [1.29, 1.82) is 0 Å². The molecule has 0 bridgehead atoms. The van der Waals surface area contributed by atoms with Crippen LogP contribution in [0.1, 0.15) is 18.4 Å². The number of hydrogen-bond acceptors (Lipinski definition) is 2. The van der Waals surface area contributed by atoms with Crippen molar-refractivity contribution in [2.24, 2.45) is 0 Å². The van der Waals surface area contributed by atoms with E-state index in [0.717, 1.165) is 43.9 Å². The fourth-order valence-electron chi connectivity index (χ4n) is 2.75. The number of halogens is 1. The van der Waals surface area contributed by atoms with Crippen molar-refractivity contribution < 1.29 is 9.13 Å². The third-order valence-corrected chi connectivity index (χ3v) is 3.61. The average Bonchev–Trinajstić information content (AvgIpc) is 2.60. The van der Waals surface area contributed by atoms with Gasteiger partial charge in [0.25, 0.3) is 0 Å². The fourth-order valence-corrected chi connectivity index (χ4v) is 2.75. The van der Waals surface area contributed by atoms with Crippen LogP contribution in [-0.2, 0) is 10.2 Å². The Balaban J connectivity index is 2.09. The summed E-state index contributed by atoms with van der Waals surface area (Å²) in [7, 11) is 0. The van der Waals surface area contributed by atoms with Crippen LogP contribution in [0.4, 0.5) is 10.1 Å². The Hall–Kier alpha value is -1.09. The molecule has 3 heteroatoms. The molecule has 0 aliphatic carbocycles. The van der Waals surface area contributed by atoms with Crippen LogP contribution in [0.2, 0.25) is 0 Å². The Kier molecular flexibility index (Phi) is 1.96. The summed E-state index contributed by atoms with van der Waals surface area (Å²) in [6.45, 7) is 2.34. The summed E-state index contributed by atoms with van der Waals surface area (Å²) in [5.74, 6) is -0.0700. The number of ether oxygens (including phenoxy) is 1. The molecule has 1 fully saturated rings. The lowest BCUT2D eigenvalue weighted by atomic mass is 9.75. The summed E-state index contributed by atoms with van der Waals surface area (Å²) in [5.41, 5.74) is 1.84. The highest BCUT2D eigenvalue weighted by atomic mass is 19.1. The summed E-state index contributed by atoms with van der Waals surface area (Å²) in [4.78, 5) is 0. The van der Waals surface area contributed by atoms with Gasteiger partial charge >= 0.3 is 0 Å². The van der Waals surface area contributed by atoms with E-state index in [4.69, 9.17) is 4.74 Å². The van der Waals surface area contributed by atoms with Crippen molar-refractivity contribution in [3.05, 3.63) is 29.6 Å². The van der Waals surface area contributed by atoms with Gasteiger partial charge in [-0.3, -0.25) is 0 Å². The minimum atomic E-state index is -0.0700. The number of rotatable bonds is 0. The highest BCUT2D eigenvalue weighted by Gasteiger charge is 2.42. The first-order chi connectivity index (χ1) is 7.32. The van der Waals surface area contributed by atoms with E-state index < -0.39 is 0 Å². The minimum Gasteiger partial charge on any atom is -0.384 e. The second-order valence-electron chi connectivity index (χ2n) is 4.41. The summed E-state index contributed by atoms with van der Waals surface area (Å²) >= 11 is 0. The molecular formula is C12H14FNO. The molecule has 1 aromatic carbocycles. The van der Waals surface area contributed by atoms with E-state index in [-0.39, 0.29) is 11.2 Å². The Bertz CT molecular complexity index is 380. The molecule has 0 radical (unpaired) electrons. The van der Waals surface area contributed by atoms with Crippen molar-refractivity contribution in [3.8, 4) is 0 Å². The molecule has 3 rings (SSSR count). The molecule has 0 amide bonds. The first-order valence-corrected chi connectivity index (χ1v) is 5.42. The van der Waals surface area contributed by atoms with Gasteiger partial charge in [0.2, 0.25) is 0 Å². The van der Waals surface area contributed by atoms with Gasteiger partial charge < -0.3 is 10.1 Å². The van der Waals surface area contributed by atoms with E-state index in [9.17, 15) is 4.39 Å². The minimum absolute atomic E-state index is 0.0150. The van der Waals surface area contributed by atoms with Crippen LogP contribution in [0.3, 0.4) is 0 Å². The van der Waals surface area contributed by atoms with E-state index in [1.807, 2.05) is 6.07 Å². The predicted molar refractivity (Wildman–Crippen MR) is 56.6 cm³/mol. The molecule has 15 heavy (non-hydrogen) atoms. The Morgan fingerprint density at radius 1 is 1.27 bits per heavy atom. The van der Waals surface area contributed by atoms with Gasteiger partial charge in [-0.2, -0.15) is 0 Å². The second-order valence-corrected chi connectivity index (χ2v) is 4.41. The van der Waals surface area contributed by atoms with Crippen LogP contribution in [0.25, 0.3) is 0 Å². The third kappa shape index (κ3) is 1.26. The highest BCUT2D eigenvalue weighted by Crippen LogP contribution is 2.44. The smallest absolute Gasteiger partial charge is 0.129 e. The summed E-state index contributed by atoms with van der Waals surface area (Å²) in [5, 5.41) is 3.31. The zero-order valence-electron chi connectivity index (χ0n) is 8.55. The van der Waals surface area contributed by atoms with E-state index in [1.165, 1.54) is 0 Å². The van der Waals surface area contributed by atoms with Gasteiger partial charge in [0, 0.05) is 36.4 Å². The molecule has 80 valence electrons. The molecule has 0 unspecified atom stereocenters. The molecule has 1 N–H and O–H groups in total. The van der Waals surface area contributed by atoms with Crippen LogP contribution >= 0.6 is 0 Å². The zero-order chi connectivity index (χ0) is 10.3. The molecule has 2 heterocycles. The Morgan fingerprint density at radius 3 is 2.87 bits per heavy atom. The van der Waals surface area contributed by atoms with E-state index >= 15 is 0 Å². The maximum absolute atomic E-state index is 13.8. The number of benzene rings is 1. The van der Waals surface area contributed by atoms with Gasteiger partial charge in [0.05, 0.1) is 0 Å². The topological polar surface area (TPSA) is 21.3 Å². The molecule has 0 atom stereocenters. The first kappa shape index (κ1) is 9.16. The maximum Gasteiger partial charge on any atom is 0.129 e. The van der Waals surface area contributed by atoms with Crippen LogP contribution in [0.15, 0.2) is 18.2 Å². The molecule has 2 aliphatic heterocycles. The van der Waals surface area contributed by atoms with Gasteiger partial charge in [-0.1, -0.05) is 6.07 Å². The number of hydrogen-bond donors (Lipinski definition) is 1. The fraction of sp³-hybridized carbons (Fsp3) is 0.500. The average molecular weight is 207 g/mol. The molecule has 1 aromatic rings. The van der Waals surface area contributed by atoms with Gasteiger partial charge in [-0.25, -0.2) is 4.39 Å². The SMILES string of the molecule is Fc1cccc2c1C1(CCOCC1)CN2. The van der Waals surface area contributed by atoms with Gasteiger partial charge in [-0.15, -0.1) is 0 Å². The Labute approximate surface area is 88.4 Å². The number of fused-ring (bicyclic) bond motifs is 2. The van der Waals surface area contributed by atoms with Gasteiger partial charge in [0.15, 0.2) is 0 Å². The molecular weight excluding hydrogens is 193 g/mol. The van der Waals surface area contributed by atoms with Crippen molar-refractivity contribution >= 4 is 5.69 Å². The molecule has 0 saturated carbocycles. The molecule has 1 saturated heterocycles. The largest absolute Gasteiger partial charge is 0.384 e. The maximum atomic E-state index is 13.8. The predicted octanol–water partition coefficient (Wildman–Crippen LogP) is 2.30. The normalized spacial score (nSPS) is 22.5. The van der Waals surface area contributed by atoms with Crippen LogP contribution < -0.4 is 5.32 Å². The number of nitrogens with one attached hydrogen (secondary N) is 1. The summed E-state index contributed by atoms with van der Waals surface area (Å²) < 4.78 is 19.2. The molecule has 2 aliphatic rings. The van der Waals surface area contributed by atoms with Crippen molar-refractivity contribution in [3.63, 3.8) is 0 Å². The van der Waals surface area contributed by atoms with Crippen LogP contribution in [0, 0.1) is 5.82 Å². The Morgan fingerprint density at radius 2 is 2.07 bits per heavy atom. The van der Waals surface area contributed by atoms with Gasteiger partial charge in [0.1, 0.15) is 5.82 Å². The molecule has 0 aromatic heterocycles. The van der Waals surface area contributed by atoms with Gasteiger partial charge in [-0.05, 0) is 25.0 Å². The summed E-state index contributed by atoms with van der Waals surface area (Å²) in [6.07, 6.45) is 1.85. The lowest BCUT2D eigenvalue weighted by Crippen LogP contribution is -2.36. The molecule has 2 nitrogen and oxygen atoms in total. The quantitative estimate of drug-likeness (QED) is 0.704. The summed E-state index contributed by atoms with van der Waals surface area (Å²) in [6, 6.07) is 5.28. The highest BCUT2D eigenvalue weighted by molar-refractivity contribution is 5.61. The molecule has 1 spiro atoms. The van der Waals surface area contributed by atoms with E-state index in [2.05, 4.69) is 5.32 Å². The van der Waals surface area contributed by atoms with Crippen LogP contribution in [0.5, 0.6) is 0 Å². The van der Waals surface area contributed by atoms with E-state index in [0.29, 0.717) is 0 Å². The van der Waals surface area contributed by atoms with Crippen molar-refractivity contribution in [2.45, 2.75) is 18.3 Å².